The zero-order valence-electron chi connectivity index (χ0n) is 22.8. The van der Waals surface area contributed by atoms with E-state index < -0.39 is 17.8 Å². The second-order valence-electron chi connectivity index (χ2n) is 9.35. The molecule has 1 aliphatic heterocycles. The van der Waals surface area contributed by atoms with Crippen molar-refractivity contribution in [2.45, 2.75) is 30.1 Å². The lowest BCUT2D eigenvalue weighted by Gasteiger charge is -2.25. The van der Waals surface area contributed by atoms with Gasteiger partial charge in [0.2, 0.25) is 0 Å². The van der Waals surface area contributed by atoms with E-state index in [1.54, 1.807) is 37.4 Å². The molecule has 1 aliphatic rings. The number of benzene rings is 2. The van der Waals surface area contributed by atoms with Crippen LogP contribution in [0, 0.1) is 12.7 Å². The minimum absolute atomic E-state index is 0.131. The van der Waals surface area contributed by atoms with Crippen molar-refractivity contribution < 1.29 is 18.3 Å². The number of carbonyl (C=O) groups is 1. The SMILES string of the molecule is CCOC(=O)C1=C(c2ccccc2)N=c2s/c(=C/c3cc(Br)c(Sc4nccc(C)n4)o3)c(=O)n2[C@@H]1c1ccc(F)cc1. The molecule has 0 unspecified atom stereocenters. The van der Waals surface area contributed by atoms with Gasteiger partial charge in [-0.1, -0.05) is 53.8 Å². The summed E-state index contributed by atoms with van der Waals surface area (Å²) in [6.07, 6.45) is 3.31. The van der Waals surface area contributed by atoms with Gasteiger partial charge in [-0.05, 0) is 71.4 Å². The number of carbonyl (C=O) groups excluding carboxylic acids is 1. The Morgan fingerprint density at radius 3 is 2.67 bits per heavy atom. The first-order valence-electron chi connectivity index (χ1n) is 13.1. The predicted molar refractivity (Wildman–Crippen MR) is 165 cm³/mol. The molecule has 3 aromatic heterocycles. The molecule has 0 aliphatic carbocycles. The Bertz CT molecular complexity index is 2050. The molecule has 5 aromatic rings. The van der Waals surface area contributed by atoms with Crippen LogP contribution in [0.15, 0.2) is 107 Å². The molecular weight excluding hydrogens is 655 g/mol. The van der Waals surface area contributed by atoms with Gasteiger partial charge in [0.05, 0.1) is 32.9 Å². The van der Waals surface area contributed by atoms with Gasteiger partial charge in [0, 0.05) is 23.5 Å². The van der Waals surface area contributed by atoms with E-state index in [0.29, 0.717) is 46.6 Å². The number of esters is 1. The summed E-state index contributed by atoms with van der Waals surface area (Å²) in [4.78, 5) is 41.4. The minimum Gasteiger partial charge on any atom is -0.463 e. The molecule has 12 heteroatoms. The molecule has 8 nitrogen and oxygen atoms in total. The van der Waals surface area contributed by atoms with Crippen LogP contribution in [0.4, 0.5) is 4.39 Å². The van der Waals surface area contributed by atoms with Gasteiger partial charge < -0.3 is 9.15 Å². The number of ether oxygens (including phenoxy) is 1. The number of hydrogen-bond acceptors (Lipinski definition) is 9. The fourth-order valence-electron chi connectivity index (χ4n) is 4.60. The summed E-state index contributed by atoms with van der Waals surface area (Å²) in [7, 11) is 0. The molecule has 0 saturated carbocycles. The van der Waals surface area contributed by atoms with Crippen molar-refractivity contribution in [2.75, 3.05) is 6.61 Å². The van der Waals surface area contributed by atoms with Crippen molar-refractivity contribution in [3.63, 3.8) is 0 Å². The summed E-state index contributed by atoms with van der Waals surface area (Å²) in [5.41, 5.74) is 2.25. The highest BCUT2D eigenvalue weighted by Crippen LogP contribution is 2.36. The van der Waals surface area contributed by atoms with Crippen LogP contribution in [0.1, 0.15) is 35.5 Å². The standard InChI is InChI=1S/C31H22BrFN4O4S2/c1-3-40-28(39)24-25(18-7-5-4-6-8-18)36-31-37(26(24)19-9-11-20(33)12-10-19)27(38)23(42-31)16-21-15-22(32)29(41-21)43-30-34-14-13-17(2)35-30/h4-16,26H,3H2,1-2H3/b23-16+/t26-/m1/s1. The molecule has 2 aromatic carbocycles. The van der Waals surface area contributed by atoms with Crippen LogP contribution in [0.25, 0.3) is 11.8 Å². The number of aryl methyl sites for hydroxylation is 1. The first-order valence-corrected chi connectivity index (χ1v) is 15.6. The van der Waals surface area contributed by atoms with E-state index in [4.69, 9.17) is 14.1 Å². The zero-order chi connectivity index (χ0) is 30.1. The van der Waals surface area contributed by atoms with Crippen LogP contribution in [-0.2, 0) is 9.53 Å². The van der Waals surface area contributed by atoms with Crippen LogP contribution in [-0.4, -0.2) is 27.1 Å². The van der Waals surface area contributed by atoms with E-state index in [1.807, 2.05) is 43.3 Å². The van der Waals surface area contributed by atoms with Gasteiger partial charge in [0.1, 0.15) is 11.6 Å². The largest absolute Gasteiger partial charge is 0.463 e. The smallest absolute Gasteiger partial charge is 0.338 e. The van der Waals surface area contributed by atoms with E-state index in [-0.39, 0.29) is 17.7 Å². The second kappa shape index (κ2) is 12.2. The molecular formula is C31H22BrFN4O4S2. The third-order valence-electron chi connectivity index (χ3n) is 6.46. The topological polar surface area (TPSA) is 99.6 Å². The van der Waals surface area contributed by atoms with Gasteiger partial charge in [-0.25, -0.2) is 24.1 Å². The van der Waals surface area contributed by atoms with Crippen LogP contribution < -0.4 is 14.9 Å². The number of furan rings is 1. The fourth-order valence-corrected chi connectivity index (χ4v) is 6.89. The van der Waals surface area contributed by atoms with Crippen LogP contribution in [0.3, 0.4) is 0 Å². The number of nitrogens with zero attached hydrogens (tertiary/aromatic N) is 4. The number of fused-ring (bicyclic) bond motifs is 1. The molecule has 0 fully saturated rings. The van der Waals surface area contributed by atoms with Crippen molar-refractivity contribution in [1.29, 1.82) is 0 Å². The van der Waals surface area contributed by atoms with Gasteiger partial charge in [0.15, 0.2) is 15.1 Å². The van der Waals surface area contributed by atoms with Crippen LogP contribution in [0.5, 0.6) is 0 Å². The maximum Gasteiger partial charge on any atom is 0.338 e. The summed E-state index contributed by atoms with van der Waals surface area (Å²) in [6, 6.07) is 17.6. The summed E-state index contributed by atoms with van der Waals surface area (Å²) in [5, 5.41) is 1.06. The van der Waals surface area contributed by atoms with E-state index in [9.17, 15) is 14.0 Å². The monoisotopic (exact) mass is 676 g/mol. The van der Waals surface area contributed by atoms with Crippen molar-refractivity contribution in [3.05, 3.63) is 131 Å². The lowest BCUT2D eigenvalue weighted by atomic mass is 9.93. The maximum atomic E-state index is 14.0. The van der Waals surface area contributed by atoms with Crippen LogP contribution >= 0.6 is 39.0 Å². The van der Waals surface area contributed by atoms with Crippen LogP contribution in [0.2, 0.25) is 0 Å². The molecule has 0 radical (unpaired) electrons. The summed E-state index contributed by atoms with van der Waals surface area (Å²) >= 11 is 5.94. The number of hydrogen-bond donors (Lipinski definition) is 0. The number of thiazole rings is 1. The lowest BCUT2D eigenvalue weighted by Crippen LogP contribution is -2.40. The van der Waals surface area contributed by atoms with Gasteiger partial charge in [-0.2, -0.15) is 0 Å². The molecule has 216 valence electrons. The molecule has 0 amide bonds. The average molecular weight is 678 g/mol. The Morgan fingerprint density at radius 2 is 1.95 bits per heavy atom. The molecule has 43 heavy (non-hydrogen) atoms. The third kappa shape index (κ3) is 5.90. The van der Waals surface area contributed by atoms with Crippen molar-refractivity contribution in [1.82, 2.24) is 14.5 Å². The van der Waals surface area contributed by atoms with Crippen molar-refractivity contribution in [3.8, 4) is 0 Å². The lowest BCUT2D eigenvalue weighted by molar-refractivity contribution is -0.138. The number of aromatic nitrogens is 3. The van der Waals surface area contributed by atoms with E-state index in [0.717, 1.165) is 5.69 Å². The molecule has 6 rings (SSSR count). The molecule has 0 bridgehead atoms. The van der Waals surface area contributed by atoms with Gasteiger partial charge >= 0.3 is 5.97 Å². The highest BCUT2D eigenvalue weighted by Gasteiger charge is 2.35. The predicted octanol–water partition coefficient (Wildman–Crippen LogP) is 5.68. The van der Waals surface area contributed by atoms with Gasteiger partial charge in [-0.3, -0.25) is 9.36 Å². The first-order chi connectivity index (χ1) is 20.8. The Hall–Kier alpha value is -4.13. The van der Waals surface area contributed by atoms with E-state index in [2.05, 4.69) is 25.9 Å². The Kier molecular flexibility index (Phi) is 8.24. The summed E-state index contributed by atoms with van der Waals surface area (Å²) in [6.45, 7) is 3.72. The van der Waals surface area contributed by atoms with Crippen molar-refractivity contribution in [2.24, 2.45) is 4.99 Å². The third-order valence-corrected chi connectivity index (χ3v) is 9.17. The van der Waals surface area contributed by atoms with E-state index in [1.165, 1.54) is 39.8 Å². The minimum atomic E-state index is -0.902. The molecule has 0 saturated heterocycles. The molecule has 4 heterocycles. The molecule has 0 N–H and O–H groups in total. The second-order valence-corrected chi connectivity index (χ2v) is 12.2. The quantitative estimate of drug-likeness (QED) is 0.162. The summed E-state index contributed by atoms with van der Waals surface area (Å²) < 4.78 is 27.9. The number of halogens is 2. The fraction of sp³-hybridized carbons (Fsp3) is 0.129. The summed E-state index contributed by atoms with van der Waals surface area (Å²) in [5.74, 6) is -0.614. The maximum absolute atomic E-state index is 14.0. The van der Waals surface area contributed by atoms with Gasteiger partial charge in [0.25, 0.3) is 5.56 Å². The Labute approximate surface area is 261 Å². The normalized spacial score (nSPS) is 14.9. The highest BCUT2D eigenvalue weighted by atomic mass is 79.9. The highest BCUT2D eigenvalue weighted by molar-refractivity contribution is 9.10. The Morgan fingerprint density at radius 1 is 1.19 bits per heavy atom. The number of rotatable bonds is 7. The molecule has 1 atom stereocenters. The first kappa shape index (κ1) is 29.0. The van der Waals surface area contributed by atoms with Gasteiger partial charge in [-0.15, -0.1) is 0 Å². The zero-order valence-corrected chi connectivity index (χ0v) is 26.0. The van der Waals surface area contributed by atoms with Crippen molar-refractivity contribution >= 4 is 56.8 Å². The molecule has 0 spiro atoms. The van der Waals surface area contributed by atoms with E-state index >= 15 is 0 Å². The Balaban J connectivity index is 1.52. The average Bonchev–Trinajstić information content (AvgIpc) is 3.50.